The average molecular weight is 246 g/mol. The maximum atomic E-state index is 2.18. The Morgan fingerprint density at radius 2 is 0.909 bits per heavy atom. The maximum absolute atomic E-state index is 2.18. The third-order valence-corrected chi connectivity index (χ3v) is 0.994. The zero-order valence-corrected chi connectivity index (χ0v) is 9.88. The first kappa shape index (κ1) is 22.7. The van der Waals surface area contributed by atoms with Crippen molar-refractivity contribution in [1.82, 2.24) is 9.80 Å². The molecule has 0 aliphatic rings. The molecule has 0 aromatic rings. The number of hydrogen-bond donors (Lipinski definition) is 0. The van der Waals surface area contributed by atoms with Gasteiger partial charge >= 0.3 is 16.5 Å². The van der Waals surface area contributed by atoms with Crippen molar-refractivity contribution in [2.45, 2.75) is 0 Å². The van der Waals surface area contributed by atoms with E-state index in [0.29, 0.717) is 0 Å². The van der Waals surface area contributed by atoms with E-state index in [1.165, 1.54) is 0 Å². The molecule has 0 heterocycles. The number of hydrogen-bond acceptors (Lipinski definition) is 2. The molecule has 11 heavy (non-hydrogen) atoms. The van der Waals surface area contributed by atoms with Crippen LogP contribution in [0.25, 0.3) is 0 Å². The molecular weight excluding hydrogens is 230 g/mol. The van der Waals surface area contributed by atoms with Crippen LogP contribution in [0.3, 0.4) is 0 Å². The van der Waals surface area contributed by atoms with Crippen molar-refractivity contribution in [2.24, 2.45) is 0 Å². The molecule has 0 atom stereocenters. The molecular formula is C6H16Cl2N2Ni. The molecule has 0 N–H and O–H groups in total. The summed E-state index contributed by atoms with van der Waals surface area (Å²) in [6, 6.07) is 0. The molecule has 0 saturated carbocycles. The Balaban J connectivity index is -0.0000000817. The molecule has 0 aliphatic heterocycles. The zero-order valence-electron chi connectivity index (χ0n) is 7.38. The Bertz CT molecular complexity index is 54.5. The van der Waals surface area contributed by atoms with Gasteiger partial charge in [-0.15, -0.1) is 0 Å². The van der Waals surface area contributed by atoms with Gasteiger partial charge in [0.2, 0.25) is 0 Å². The summed E-state index contributed by atoms with van der Waals surface area (Å²) in [5.41, 5.74) is 0. The Morgan fingerprint density at radius 1 is 0.727 bits per heavy atom. The fraction of sp³-hybridized carbons (Fsp3) is 1.00. The van der Waals surface area contributed by atoms with Crippen LogP contribution < -0.4 is 24.8 Å². The maximum Gasteiger partial charge on any atom is 2.00 e. The molecule has 0 rings (SSSR count). The van der Waals surface area contributed by atoms with Crippen LogP contribution in [-0.4, -0.2) is 51.1 Å². The molecule has 0 aliphatic carbocycles. The van der Waals surface area contributed by atoms with Crippen LogP contribution in [0.15, 0.2) is 0 Å². The monoisotopic (exact) mass is 244 g/mol. The van der Waals surface area contributed by atoms with Crippen molar-refractivity contribution in [3.63, 3.8) is 0 Å². The van der Waals surface area contributed by atoms with E-state index in [0.717, 1.165) is 13.1 Å². The predicted octanol–water partition coefficient (Wildman–Crippen LogP) is -5.88. The predicted molar refractivity (Wildman–Crippen MR) is 37.1 cm³/mol. The summed E-state index contributed by atoms with van der Waals surface area (Å²) < 4.78 is 0. The second-order valence-electron chi connectivity index (χ2n) is 2.61. The van der Waals surface area contributed by atoms with Crippen molar-refractivity contribution in [3.8, 4) is 0 Å². The van der Waals surface area contributed by atoms with Gasteiger partial charge in [0.25, 0.3) is 0 Å². The molecule has 0 spiro atoms. The second kappa shape index (κ2) is 13.6. The van der Waals surface area contributed by atoms with Gasteiger partial charge in [0, 0.05) is 13.1 Å². The van der Waals surface area contributed by atoms with E-state index >= 15 is 0 Å². The molecule has 5 heteroatoms. The first-order valence-corrected chi connectivity index (χ1v) is 2.92. The van der Waals surface area contributed by atoms with E-state index in [9.17, 15) is 0 Å². The van der Waals surface area contributed by atoms with Gasteiger partial charge in [-0.1, -0.05) is 0 Å². The minimum absolute atomic E-state index is 0. The first-order chi connectivity index (χ1) is 3.63. The van der Waals surface area contributed by atoms with E-state index < -0.39 is 0 Å². The Kier molecular flexibility index (Phi) is 28.0. The molecule has 0 radical (unpaired) electrons. The summed E-state index contributed by atoms with van der Waals surface area (Å²) in [4.78, 5) is 4.36. The average Bonchev–Trinajstić information content (AvgIpc) is 1.61. The number of halogens is 2. The standard InChI is InChI=1S/C6H16N2.2ClH.Ni/c1-7(2)5-6-8(3)4;;;/h5-6H2,1-4H3;2*1H;/q;;;+2/p-2. The Labute approximate surface area is 92.4 Å². The second-order valence-corrected chi connectivity index (χ2v) is 2.61. The molecule has 74 valence electrons. The number of rotatable bonds is 3. The van der Waals surface area contributed by atoms with Gasteiger partial charge < -0.3 is 34.6 Å². The summed E-state index contributed by atoms with van der Waals surface area (Å²) in [5, 5.41) is 0. The van der Waals surface area contributed by atoms with Crippen molar-refractivity contribution >= 4 is 0 Å². The Morgan fingerprint density at radius 3 is 1.00 bits per heavy atom. The SMILES string of the molecule is CN(C)CCN(C)C.[Cl-].[Cl-].[Ni+2]. The van der Waals surface area contributed by atoms with Crippen LogP contribution in [0, 0.1) is 0 Å². The normalized spacial score (nSPS) is 8.18. The molecule has 0 aromatic heterocycles. The van der Waals surface area contributed by atoms with Crippen molar-refractivity contribution in [1.29, 1.82) is 0 Å². The van der Waals surface area contributed by atoms with Gasteiger partial charge in [-0.05, 0) is 28.2 Å². The molecule has 0 amide bonds. The van der Waals surface area contributed by atoms with E-state index in [-0.39, 0.29) is 41.3 Å². The van der Waals surface area contributed by atoms with Gasteiger partial charge in [-0.25, -0.2) is 0 Å². The first-order valence-electron chi connectivity index (χ1n) is 2.92. The van der Waals surface area contributed by atoms with Crippen molar-refractivity contribution < 1.29 is 41.3 Å². The van der Waals surface area contributed by atoms with E-state index in [2.05, 4.69) is 38.0 Å². The molecule has 0 bridgehead atoms. The van der Waals surface area contributed by atoms with Gasteiger partial charge in [0.15, 0.2) is 0 Å². The van der Waals surface area contributed by atoms with Crippen molar-refractivity contribution in [3.05, 3.63) is 0 Å². The van der Waals surface area contributed by atoms with Crippen LogP contribution in [0.4, 0.5) is 0 Å². The van der Waals surface area contributed by atoms with Crippen LogP contribution in [-0.2, 0) is 16.5 Å². The van der Waals surface area contributed by atoms with Crippen LogP contribution in [0.1, 0.15) is 0 Å². The fourth-order valence-electron chi connectivity index (χ4n) is 0.400. The van der Waals surface area contributed by atoms with Crippen LogP contribution in [0.2, 0.25) is 0 Å². The van der Waals surface area contributed by atoms with E-state index in [4.69, 9.17) is 0 Å². The van der Waals surface area contributed by atoms with E-state index in [1.807, 2.05) is 0 Å². The van der Waals surface area contributed by atoms with Gasteiger partial charge in [-0.3, -0.25) is 0 Å². The summed E-state index contributed by atoms with van der Waals surface area (Å²) >= 11 is 0. The quantitative estimate of drug-likeness (QED) is 0.457. The zero-order chi connectivity index (χ0) is 6.57. The smallest absolute Gasteiger partial charge is 1.00 e. The minimum Gasteiger partial charge on any atom is -1.00 e. The van der Waals surface area contributed by atoms with Gasteiger partial charge in [-0.2, -0.15) is 0 Å². The Hall–Kier alpha value is 0.994. The van der Waals surface area contributed by atoms with Crippen LogP contribution >= 0.6 is 0 Å². The summed E-state index contributed by atoms with van der Waals surface area (Å²) in [6.45, 7) is 2.29. The fourth-order valence-corrected chi connectivity index (χ4v) is 0.400. The van der Waals surface area contributed by atoms with Crippen LogP contribution in [0.5, 0.6) is 0 Å². The van der Waals surface area contributed by atoms with Gasteiger partial charge in [0.1, 0.15) is 0 Å². The third-order valence-electron chi connectivity index (χ3n) is 0.994. The van der Waals surface area contributed by atoms with E-state index in [1.54, 1.807) is 0 Å². The molecule has 0 fully saturated rings. The molecule has 0 saturated heterocycles. The largest absolute Gasteiger partial charge is 2.00 e. The summed E-state index contributed by atoms with van der Waals surface area (Å²) in [5.74, 6) is 0. The van der Waals surface area contributed by atoms with Crippen molar-refractivity contribution in [2.75, 3.05) is 41.3 Å². The topological polar surface area (TPSA) is 6.48 Å². The third kappa shape index (κ3) is 24.8. The summed E-state index contributed by atoms with van der Waals surface area (Å²) in [6.07, 6.45) is 0. The number of nitrogens with zero attached hydrogens (tertiary/aromatic N) is 2. The minimum atomic E-state index is 0. The number of likely N-dealkylation sites (N-methyl/N-ethyl adjacent to an activating group) is 2. The summed E-state index contributed by atoms with van der Waals surface area (Å²) in [7, 11) is 8.35. The van der Waals surface area contributed by atoms with Gasteiger partial charge in [0.05, 0.1) is 0 Å². The molecule has 2 nitrogen and oxygen atoms in total. The molecule has 0 aromatic carbocycles. The molecule has 0 unspecified atom stereocenters.